The van der Waals surface area contributed by atoms with Crippen LogP contribution in [-0.2, 0) is 9.59 Å². The molecule has 5 heterocycles. The van der Waals surface area contributed by atoms with E-state index in [1.165, 1.54) is 6.07 Å². The van der Waals surface area contributed by atoms with Crippen LogP contribution in [0.5, 0.6) is 5.75 Å². The Labute approximate surface area is 352 Å². The summed E-state index contributed by atoms with van der Waals surface area (Å²) >= 11 is 0. The maximum Gasteiger partial charge on any atom is 0.262 e. The van der Waals surface area contributed by atoms with Crippen molar-refractivity contribution in [2.75, 3.05) is 55.6 Å². The Morgan fingerprint density at radius 3 is 2.28 bits per heavy atom. The zero-order valence-corrected chi connectivity index (χ0v) is 33.8. The fourth-order valence-corrected chi connectivity index (χ4v) is 9.57. The van der Waals surface area contributed by atoms with E-state index in [1.54, 1.807) is 12.3 Å². The quantitative estimate of drug-likeness (QED) is 0.223. The van der Waals surface area contributed by atoms with Gasteiger partial charge in [0.2, 0.25) is 11.8 Å². The summed E-state index contributed by atoms with van der Waals surface area (Å²) in [4.78, 5) is 75.6. The Balaban J connectivity index is 0.709. The van der Waals surface area contributed by atoms with Crippen LogP contribution in [0.25, 0.3) is 10.9 Å². The fourth-order valence-electron chi connectivity index (χ4n) is 9.57. The predicted octanol–water partition coefficient (Wildman–Crippen LogP) is 4.81. The number of nitrogens with zero attached hydrogens (tertiary/aromatic N) is 6. The van der Waals surface area contributed by atoms with Crippen LogP contribution >= 0.6 is 0 Å². The molecule has 9 rings (SSSR count). The molecule has 0 radical (unpaired) electrons. The van der Waals surface area contributed by atoms with Crippen molar-refractivity contribution in [3.63, 3.8) is 0 Å². The number of benzene rings is 3. The van der Waals surface area contributed by atoms with Gasteiger partial charge in [-0.2, -0.15) is 5.26 Å². The Hall–Kier alpha value is -6.40. The van der Waals surface area contributed by atoms with Gasteiger partial charge in [0.05, 0.1) is 34.0 Å². The first-order valence-electron chi connectivity index (χ1n) is 21.3. The first-order valence-corrected chi connectivity index (χ1v) is 21.3. The van der Waals surface area contributed by atoms with Gasteiger partial charge >= 0.3 is 0 Å². The Morgan fingerprint density at radius 2 is 1.57 bits per heavy atom. The van der Waals surface area contributed by atoms with Crippen molar-refractivity contribution in [1.29, 1.82) is 5.26 Å². The van der Waals surface area contributed by atoms with E-state index in [4.69, 9.17) is 4.74 Å². The number of hydrogen-bond acceptors (Lipinski definition) is 11. The van der Waals surface area contributed by atoms with Gasteiger partial charge in [-0.15, -0.1) is 0 Å². The van der Waals surface area contributed by atoms with Crippen LogP contribution < -0.4 is 25.2 Å². The number of fused-ring (bicyclic) bond motifs is 2. The lowest BCUT2D eigenvalue weighted by Gasteiger charge is -2.40. The van der Waals surface area contributed by atoms with E-state index >= 15 is 4.39 Å². The number of ether oxygens (including phenoxy) is 1. The van der Waals surface area contributed by atoms with Gasteiger partial charge < -0.3 is 19.9 Å². The van der Waals surface area contributed by atoms with Crippen molar-refractivity contribution in [2.24, 2.45) is 5.92 Å². The molecule has 4 aliphatic heterocycles. The summed E-state index contributed by atoms with van der Waals surface area (Å²) in [6, 6.07) is 18.9. The molecule has 15 heteroatoms. The van der Waals surface area contributed by atoms with E-state index in [0.29, 0.717) is 35.7 Å². The Kier molecular flexibility index (Phi) is 11.1. The number of anilines is 2. The lowest BCUT2D eigenvalue weighted by molar-refractivity contribution is -0.136. The monoisotopic (exact) mass is 826 g/mol. The summed E-state index contributed by atoms with van der Waals surface area (Å²) in [5.41, 5.74) is 3.19. The van der Waals surface area contributed by atoms with Gasteiger partial charge in [-0.05, 0) is 112 Å². The highest BCUT2D eigenvalue weighted by Crippen LogP contribution is 2.34. The van der Waals surface area contributed by atoms with Gasteiger partial charge in [0.15, 0.2) is 0 Å². The molecule has 5 amide bonds. The number of nitrogens with one attached hydrogen (secondary N) is 2. The number of amides is 5. The molecule has 14 nitrogen and oxygen atoms in total. The molecule has 3 aromatic carbocycles. The van der Waals surface area contributed by atoms with Crippen molar-refractivity contribution in [3.8, 4) is 11.8 Å². The molecule has 4 fully saturated rings. The third-order valence-corrected chi connectivity index (χ3v) is 13.0. The molecule has 1 aliphatic carbocycles. The van der Waals surface area contributed by atoms with Crippen LogP contribution in [0.3, 0.4) is 0 Å². The maximum atomic E-state index is 15.5. The van der Waals surface area contributed by atoms with Crippen LogP contribution in [0.4, 0.5) is 15.8 Å². The van der Waals surface area contributed by atoms with Crippen LogP contribution in [0.2, 0.25) is 0 Å². The van der Waals surface area contributed by atoms with Crippen molar-refractivity contribution in [1.82, 2.24) is 25.4 Å². The standard InChI is InChI=1S/C46H47FN8O6/c47-37-24-35-36(46(60)55(45(35)59)38-12-14-41(56)51-44(38)58)25-39(37)54-22-20-52(21-23-54)27-28-15-18-53(19-16-28)32-8-3-29(4-9-32)43(57)50-31-6-10-33(11-7-31)61-40-13-5-30(26-48)42-34(40)2-1-17-49-42/h1-5,8-9,13,17,24-25,28,31,33,38H,6-7,10-12,14-16,18-23,27H2,(H,50,57)(H,51,56,58)/t31-,33-,38?. The molecule has 61 heavy (non-hydrogen) atoms. The van der Waals surface area contributed by atoms with Gasteiger partial charge in [0.1, 0.15) is 23.7 Å². The van der Waals surface area contributed by atoms with Gasteiger partial charge in [0.25, 0.3) is 17.7 Å². The van der Waals surface area contributed by atoms with Gasteiger partial charge in [0, 0.05) is 81.1 Å². The molecule has 4 aromatic rings. The second kappa shape index (κ2) is 16.9. The normalized spacial score (nSPS) is 22.6. The van der Waals surface area contributed by atoms with Gasteiger partial charge in [-0.3, -0.25) is 44.1 Å². The highest BCUT2D eigenvalue weighted by atomic mass is 19.1. The van der Waals surface area contributed by atoms with E-state index < -0.39 is 35.5 Å². The number of pyridine rings is 1. The Morgan fingerprint density at radius 1 is 0.852 bits per heavy atom. The molecule has 1 atom stereocenters. The van der Waals surface area contributed by atoms with E-state index in [9.17, 15) is 29.2 Å². The number of piperazine rings is 1. The first-order chi connectivity index (χ1) is 29.6. The molecule has 2 N–H and O–H groups in total. The smallest absolute Gasteiger partial charge is 0.262 e. The predicted molar refractivity (Wildman–Crippen MR) is 224 cm³/mol. The third-order valence-electron chi connectivity index (χ3n) is 13.0. The number of piperidine rings is 2. The summed E-state index contributed by atoms with van der Waals surface area (Å²) in [6.07, 6.45) is 7.10. The molecule has 314 valence electrons. The summed E-state index contributed by atoms with van der Waals surface area (Å²) in [5.74, 6) is -1.92. The van der Waals surface area contributed by atoms with Gasteiger partial charge in [-0.25, -0.2) is 4.39 Å². The average Bonchev–Trinajstić information content (AvgIpc) is 3.51. The summed E-state index contributed by atoms with van der Waals surface area (Å²) < 4.78 is 21.8. The molecular formula is C46H47FN8O6. The highest BCUT2D eigenvalue weighted by Gasteiger charge is 2.45. The Bertz CT molecular complexity index is 2430. The lowest BCUT2D eigenvalue weighted by atomic mass is 9.92. The van der Waals surface area contributed by atoms with Crippen molar-refractivity contribution >= 4 is 51.8 Å². The zero-order chi connectivity index (χ0) is 42.2. The second-order valence-corrected chi connectivity index (χ2v) is 16.7. The second-order valence-electron chi connectivity index (χ2n) is 16.7. The molecule has 0 spiro atoms. The maximum absolute atomic E-state index is 15.5. The summed E-state index contributed by atoms with van der Waals surface area (Å²) in [5, 5.41) is 15.7. The number of nitriles is 1. The van der Waals surface area contributed by atoms with Crippen molar-refractivity contribution in [3.05, 3.63) is 94.9 Å². The third kappa shape index (κ3) is 8.12. The van der Waals surface area contributed by atoms with Crippen LogP contribution in [0, 0.1) is 23.1 Å². The largest absolute Gasteiger partial charge is 0.490 e. The van der Waals surface area contributed by atoms with E-state index in [0.717, 1.165) is 99.0 Å². The van der Waals surface area contributed by atoms with Crippen LogP contribution in [-0.4, -0.2) is 108 Å². The number of hydrogen-bond donors (Lipinski definition) is 2. The number of rotatable bonds is 9. The van der Waals surface area contributed by atoms with E-state index in [-0.39, 0.29) is 47.7 Å². The summed E-state index contributed by atoms with van der Waals surface area (Å²) in [7, 11) is 0. The minimum atomic E-state index is -1.10. The number of halogens is 1. The molecule has 1 saturated carbocycles. The van der Waals surface area contributed by atoms with Crippen molar-refractivity contribution < 1.29 is 33.1 Å². The average molecular weight is 827 g/mol. The number of imide groups is 2. The molecule has 1 unspecified atom stereocenters. The molecule has 3 saturated heterocycles. The number of aromatic nitrogens is 1. The molecule has 0 bridgehead atoms. The summed E-state index contributed by atoms with van der Waals surface area (Å²) in [6.45, 7) is 5.38. The SMILES string of the molecule is N#Cc1ccc(O[C@H]2CC[C@H](NC(=O)c3ccc(N4CCC(CN5CCN(c6cc7c(cc6F)C(=O)N(C6CCC(=O)NC6=O)C7=O)CC5)CC4)cc3)CC2)c2cccnc12. The number of carbonyl (C=O) groups is 5. The zero-order valence-electron chi connectivity index (χ0n) is 33.8. The van der Waals surface area contributed by atoms with E-state index in [2.05, 4.69) is 31.5 Å². The minimum absolute atomic E-state index is 0.0181. The lowest BCUT2D eigenvalue weighted by Crippen LogP contribution is -2.54. The van der Waals surface area contributed by atoms with Gasteiger partial charge in [-0.1, -0.05) is 0 Å². The number of carbonyl (C=O) groups excluding carboxylic acids is 5. The molecule has 1 aromatic heterocycles. The highest BCUT2D eigenvalue weighted by molar-refractivity contribution is 6.23. The topological polar surface area (TPSA) is 168 Å². The van der Waals surface area contributed by atoms with Crippen LogP contribution in [0.15, 0.2) is 66.9 Å². The molecule has 5 aliphatic rings. The fraction of sp³-hybridized carbons (Fsp3) is 0.413. The minimum Gasteiger partial charge on any atom is -0.490 e. The van der Waals surface area contributed by atoms with E-state index in [1.807, 2.05) is 47.4 Å². The van der Waals surface area contributed by atoms with Crippen LogP contribution in [0.1, 0.15) is 88.0 Å². The molecular weight excluding hydrogens is 780 g/mol. The first kappa shape index (κ1) is 40.0. The van der Waals surface area contributed by atoms with Crippen molar-refractivity contribution in [2.45, 2.75) is 69.6 Å².